The molecule has 2 saturated carbocycles. The van der Waals surface area contributed by atoms with Crippen LogP contribution in [0, 0.1) is 5.92 Å². The molecule has 1 aromatic carbocycles. The molecule has 0 aromatic heterocycles. The molecule has 0 N–H and O–H groups in total. The first kappa shape index (κ1) is 13.4. The Kier molecular flexibility index (Phi) is 3.58. The molecule has 0 unspecified atom stereocenters. The first-order chi connectivity index (χ1) is 9.13. The van der Waals surface area contributed by atoms with Gasteiger partial charge in [0.25, 0.3) is 0 Å². The fourth-order valence-corrected chi connectivity index (χ4v) is 4.65. The molecule has 0 aliphatic heterocycles. The zero-order chi connectivity index (χ0) is 13.5. The van der Waals surface area contributed by atoms with Crippen molar-refractivity contribution in [2.45, 2.75) is 42.5 Å². The molecule has 3 rings (SSSR count). The van der Waals surface area contributed by atoms with E-state index in [1.54, 1.807) is 22.5 Å². The monoisotopic (exact) mass is 299 g/mol. The van der Waals surface area contributed by atoms with Gasteiger partial charge in [-0.15, -0.1) is 11.6 Å². The maximum atomic E-state index is 12.8. The van der Waals surface area contributed by atoms with Gasteiger partial charge in [0.15, 0.2) is 0 Å². The highest BCUT2D eigenvalue weighted by molar-refractivity contribution is 7.89. The van der Waals surface area contributed by atoms with Crippen molar-refractivity contribution in [1.82, 2.24) is 4.31 Å². The zero-order valence-corrected chi connectivity index (χ0v) is 12.3. The maximum Gasteiger partial charge on any atom is 0.243 e. The van der Waals surface area contributed by atoms with Crippen LogP contribution >= 0.6 is 11.6 Å². The number of benzene rings is 1. The topological polar surface area (TPSA) is 37.4 Å². The summed E-state index contributed by atoms with van der Waals surface area (Å²) in [5.41, 5.74) is 0.700. The summed E-state index contributed by atoms with van der Waals surface area (Å²) in [6.07, 6.45) is 4.32. The summed E-state index contributed by atoms with van der Waals surface area (Å²) < 4.78 is 27.4. The van der Waals surface area contributed by atoms with E-state index in [0.29, 0.717) is 22.9 Å². The van der Waals surface area contributed by atoms with Crippen molar-refractivity contribution in [3.8, 4) is 0 Å². The second kappa shape index (κ2) is 5.08. The van der Waals surface area contributed by atoms with E-state index in [0.717, 1.165) is 25.7 Å². The van der Waals surface area contributed by atoms with Gasteiger partial charge in [0.05, 0.1) is 4.90 Å². The van der Waals surface area contributed by atoms with Gasteiger partial charge in [0.1, 0.15) is 0 Å². The molecule has 2 fully saturated rings. The van der Waals surface area contributed by atoms with Crippen molar-refractivity contribution >= 4 is 21.6 Å². The normalized spacial score (nSPS) is 19.9. The van der Waals surface area contributed by atoms with E-state index in [9.17, 15) is 8.42 Å². The lowest BCUT2D eigenvalue weighted by Crippen LogP contribution is -2.35. The Balaban J connectivity index is 1.94. The smallest absolute Gasteiger partial charge is 0.207 e. The zero-order valence-electron chi connectivity index (χ0n) is 10.8. The van der Waals surface area contributed by atoms with Crippen LogP contribution in [0.4, 0.5) is 0 Å². The third kappa shape index (κ3) is 2.81. The highest BCUT2D eigenvalue weighted by atomic mass is 35.5. The van der Waals surface area contributed by atoms with E-state index < -0.39 is 10.0 Å². The molecule has 0 bridgehead atoms. The van der Waals surface area contributed by atoms with Crippen molar-refractivity contribution in [2.24, 2.45) is 5.92 Å². The molecule has 2 aliphatic carbocycles. The van der Waals surface area contributed by atoms with E-state index in [-0.39, 0.29) is 11.9 Å². The Morgan fingerprint density at radius 3 is 2.42 bits per heavy atom. The van der Waals surface area contributed by atoms with Gasteiger partial charge in [0.2, 0.25) is 10.0 Å². The highest BCUT2D eigenvalue weighted by Gasteiger charge is 2.41. The maximum absolute atomic E-state index is 12.8. The Morgan fingerprint density at radius 1 is 1.16 bits per heavy atom. The summed E-state index contributed by atoms with van der Waals surface area (Å²) in [7, 11) is -3.39. The van der Waals surface area contributed by atoms with E-state index in [2.05, 4.69) is 0 Å². The molecule has 0 spiro atoms. The van der Waals surface area contributed by atoms with Gasteiger partial charge in [-0.1, -0.05) is 18.2 Å². The molecule has 0 heterocycles. The van der Waals surface area contributed by atoms with Crippen LogP contribution in [0.2, 0.25) is 0 Å². The standard InChI is InChI=1S/C14H18ClNO2S/c15-9-12-3-1-2-4-14(12)19(17,18)16(13-7-8-13)10-11-5-6-11/h1-4,11,13H,5-10H2. The van der Waals surface area contributed by atoms with Crippen molar-refractivity contribution in [2.75, 3.05) is 6.54 Å². The number of hydrogen-bond acceptors (Lipinski definition) is 2. The molecule has 19 heavy (non-hydrogen) atoms. The molecule has 0 amide bonds. The third-order valence-corrected chi connectivity index (χ3v) is 6.10. The van der Waals surface area contributed by atoms with Crippen molar-refractivity contribution in [3.63, 3.8) is 0 Å². The predicted molar refractivity (Wildman–Crippen MR) is 75.6 cm³/mol. The van der Waals surface area contributed by atoms with Gasteiger partial charge in [-0.3, -0.25) is 0 Å². The highest BCUT2D eigenvalue weighted by Crippen LogP contribution is 2.38. The minimum atomic E-state index is -3.39. The van der Waals surface area contributed by atoms with Crippen LogP contribution in [0.1, 0.15) is 31.2 Å². The van der Waals surface area contributed by atoms with E-state index in [1.165, 1.54) is 0 Å². The third-order valence-electron chi connectivity index (χ3n) is 3.79. The van der Waals surface area contributed by atoms with Gasteiger partial charge in [-0.05, 0) is 43.2 Å². The van der Waals surface area contributed by atoms with Crippen LogP contribution in [-0.2, 0) is 15.9 Å². The minimum absolute atomic E-state index is 0.217. The van der Waals surface area contributed by atoms with Gasteiger partial charge in [-0.2, -0.15) is 4.31 Å². The number of sulfonamides is 1. The second-order valence-electron chi connectivity index (χ2n) is 5.49. The number of alkyl halides is 1. The Morgan fingerprint density at radius 2 is 1.84 bits per heavy atom. The summed E-state index contributed by atoms with van der Waals surface area (Å²) in [4.78, 5) is 0.387. The quantitative estimate of drug-likeness (QED) is 0.757. The lowest BCUT2D eigenvalue weighted by Gasteiger charge is -2.23. The molecule has 104 valence electrons. The van der Waals surface area contributed by atoms with Gasteiger partial charge < -0.3 is 0 Å². The van der Waals surface area contributed by atoms with Gasteiger partial charge >= 0.3 is 0 Å². The van der Waals surface area contributed by atoms with Crippen LogP contribution in [0.3, 0.4) is 0 Å². The average molecular weight is 300 g/mol. The molecule has 0 atom stereocenters. The summed E-state index contributed by atoms with van der Waals surface area (Å²) in [6, 6.07) is 7.29. The number of hydrogen-bond donors (Lipinski definition) is 0. The van der Waals surface area contributed by atoms with Gasteiger partial charge in [0, 0.05) is 18.5 Å². The molecule has 1 aromatic rings. The summed E-state index contributed by atoms with van der Waals surface area (Å²) >= 11 is 5.87. The molecule has 5 heteroatoms. The number of nitrogens with zero attached hydrogens (tertiary/aromatic N) is 1. The lowest BCUT2D eigenvalue weighted by molar-refractivity contribution is 0.388. The van der Waals surface area contributed by atoms with Crippen LogP contribution < -0.4 is 0 Å². The van der Waals surface area contributed by atoms with Crippen LogP contribution in [0.15, 0.2) is 29.2 Å². The Hall–Kier alpha value is -0.580. The first-order valence-corrected chi connectivity index (χ1v) is 8.76. The van der Waals surface area contributed by atoms with E-state index in [4.69, 9.17) is 11.6 Å². The van der Waals surface area contributed by atoms with Crippen molar-refractivity contribution in [1.29, 1.82) is 0 Å². The van der Waals surface area contributed by atoms with Crippen LogP contribution in [0.5, 0.6) is 0 Å². The summed E-state index contributed by atoms with van der Waals surface area (Å²) in [5.74, 6) is 0.802. The molecule has 0 saturated heterocycles. The molecular weight excluding hydrogens is 282 g/mol. The van der Waals surface area contributed by atoms with E-state index in [1.807, 2.05) is 6.07 Å². The van der Waals surface area contributed by atoms with Crippen LogP contribution in [-0.4, -0.2) is 25.3 Å². The lowest BCUT2D eigenvalue weighted by atomic mass is 10.2. The number of rotatable bonds is 6. The molecule has 2 aliphatic rings. The average Bonchev–Trinajstić information content (AvgIpc) is 3.28. The number of halogens is 1. The van der Waals surface area contributed by atoms with E-state index >= 15 is 0 Å². The minimum Gasteiger partial charge on any atom is -0.207 e. The second-order valence-corrected chi connectivity index (χ2v) is 7.62. The van der Waals surface area contributed by atoms with Gasteiger partial charge in [-0.25, -0.2) is 8.42 Å². The first-order valence-electron chi connectivity index (χ1n) is 6.78. The molecular formula is C14H18ClNO2S. The molecule has 3 nitrogen and oxygen atoms in total. The molecule has 0 radical (unpaired) electrons. The predicted octanol–water partition coefficient (Wildman–Crippen LogP) is 2.99. The SMILES string of the molecule is O=S(=O)(c1ccccc1CCl)N(CC1CC1)C1CC1. The van der Waals surface area contributed by atoms with Crippen LogP contribution in [0.25, 0.3) is 0 Å². The largest absolute Gasteiger partial charge is 0.243 e. The fraction of sp³-hybridized carbons (Fsp3) is 0.571. The summed E-state index contributed by atoms with van der Waals surface area (Å²) in [5, 5.41) is 0. The van der Waals surface area contributed by atoms with Crippen molar-refractivity contribution in [3.05, 3.63) is 29.8 Å². The Labute approximate surface area is 119 Å². The fourth-order valence-electron chi connectivity index (χ4n) is 2.35. The Bertz CT molecular complexity index is 565. The summed E-state index contributed by atoms with van der Waals surface area (Å²) in [6.45, 7) is 0.684. The van der Waals surface area contributed by atoms with Crippen molar-refractivity contribution < 1.29 is 8.42 Å².